The highest BCUT2D eigenvalue weighted by molar-refractivity contribution is 5.93. The molecule has 108 valence electrons. The molecular weight excluding hydrogens is 285 g/mol. The Morgan fingerprint density at radius 2 is 1.71 bits per heavy atom. The Morgan fingerprint density at radius 3 is 2.38 bits per heavy atom. The number of halogens is 3. The van der Waals surface area contributed by atoms with Crippen LogP contribution in [0.3, 0.4) is 0 Å². The third-order valence-corrected chi connectivity index (χ3v) is 3.14. The van der Waals surface area contributed by atoms with Crippen LogP contribution in [0.15, 0.2) is 36.4 Å². The summed E-state index contributed by atoms with van der Waals surface area (Å²) in [5.41, 5.74) is 0.341. The molecule has 0 aliphatic carbocycles. The van der Waals surface area contributed by atoms with E-state index in [2.05, 4.69) is 10.2 Å². The number of rotatable bonds is 1. The van der Waals surface area contributed by atoms with Gasteiger partial charge in [-0.15, -0.1) is 0 Å². The van der Waals surface area contributed by atoms with Crippen LogP contribution in [0.2, 0.25) is 0 Å². The number of phenols is 2. The largest absolute Gasteiger partial charge is 0.504 e. The highest BCUT2D eigenvalue weighted by atomic mass is 19.4. The third-order valence-electron chi connectivity index (χ3n) is 3.14. The summed E-state index contributed by atoms with van der Waals surface area (Å²) in [5, 5.41) is 25.7. The minimum Gasteiger partial charge on any atom is -0.504 e. The van der Waals surface area contributed by atoms with Gasteiger partial charge in [-0.25, -0.2) is 0 Å². The monoisotopic (exact) mass is 294 g/mol. The zero-order chi connectivity index (χ0) is 15.2. The van der Waals surface area contributed by atoms with Crippen LogP contribution in [0.1, 0.15) is 5.56 Å². The number of H-pyrrole nitrogens is 1. The molecule has 0 radical (unpaired) electrons. The van der Waals surface area contributed by atoms with Crippen LogP contribution in [-0.4, -0.2) is 20.4 Å². The lowest BCUT2D eigenvalue weighted by Crippen LogP contribution is -2.04. The van der Waals surface area contributed by atoms with Crippen LogP contribution >= 0.6 is 0 Å². The topological polar surface area (TPSA) is 69.1 Å². The SMILES string of the molecule is Oc1ccc(-c2n[nH]c3ccc(C(F)(F)F)cc23)cc1O. The Kier molecular flexibility index (Phi) is 2.79. The van der Waals surface area contributed by atoms with Crippen molar-refractivity contribution in [1.82, 2.24) is 10.2 Å². The van der Waals surface area contributed by atoms with Gasteiger partial charge in [0, 0.05) is 10.9 Å². The lowest BCUT2D eigenvalue weighted by atomic mass is 10.0. The predicted octanol–water partition coefficient (Wildman–Crippen LogP) is 3.66. The molecule has 0 aliphatic rings. The molecule has 7 heteroatoms. The predicted molar refractivity (Wildman–Crippen MR) is 69.9 cm³/mol. The number of phenolic OH excluding ortho intramolecular Hbond substituents is 2. The van der Waals surface area contributed by atoms with Gasteiger partial charge >= 0.3 is 6.18 Å². The average Bonchev–Trinajstić information content (AvgIpc) is 2.84. The fourth-order valence-corrected chi connectivity index (χ4v) is 2.08. The molecule has 21 heavy (non-hydrogen) atoms. The van der Waals surface area contributed by atoms with E-state index in [0.29, 0.717) is 11.1 Å². The Labute approximate surface area is 116 Å². The van der Waals surface area contributed by atoms with Crippen LogP contribution in [0, 0.1) is 0 Å². The van der Waals surface area contributed by atoms with Crippen LogP contribution in [0.25, 0.3) is 22.2 Å². The summed E-state index contributed by atoms with van der Waals surface area (Å²) < 4.78 is 38.3. The second kappa shape index (κ2) is 4.41. The molecule has 4 nitrogen and oxygen atoms in total. The third kappa shape index (κ3) is 2.26. The number of fused-ring (bicyclic) bond motifs is 1. The molecule has 1 heterocycles. The Morgan fingerprint density at radius 1 is 0.952 bits per heavy atom. The van der Waals surface area contributed by atoms with E-state index in [-0.39, 0.29) is 22.6 Å². The number of aromatic amines is 1. The molecule has 2 aromatic carbocycles. The molecular formula is C14H9F3N2O2. The minimum atomic E-state index is -4.44. The van der Waals surface area contributed by atoms with E-state index in [4.69, 9.17) is 0 Å². The first kappa shape index (κ1) is 13.3. The molecule has 1 aromatic heterocycles. The first-order valence-electron chi connectivity index (χ1n) is 5.94. The van der Waals surface area contributed by atoms with Crippen molar-refractivity contribution >= 4 is 10.9 Å². The lowest BCUT2D eigenvalue weighted by Gasteiger charge is -2.06. The summed E-state index contributed by atoms with van der Waals surface area (Å²) in [6.07, 6.45) is -4.44. The van der Waals surface area contributed by atoms with Crippen LogP contribution in [0.4, 0.5) is 13.2 Å². The van der Waals surface area contributed by atoms with Gasteiger partial charge in [-0.05, 0) is 36.4 Å². The fourth-order valence-electron chi connectivity index (χ4n) is 2.08. The Bertz CT molecular complexity index is 825. The molecule has 3 aromatic rings. The molecule has 0 saturated heterocycles. The van der Waals surface area contributed by atoms with Gasteiger partial charge in [0.2, 0.25) is 0 Å². The summed E-state index contributed by atoms with van der Waals surface area (Å²) in [7, 11) is 0. The lowest BCUT2D eigenvalue weighted by molar-refractivity contribution is -0.137. The molecule has 0 spiro atoms. The van der Waals surface area contributed by atoms with Crippen molar-refractivity contribution in [3.63, 3.8) is 0 Å². The standard InChI is InChI=1S/C14H9F3N2O2/c15-14(16,17)8-2-3-10-9(6-8)13(19-18-10)7-1-4-11(20)12(21)5-7/h1-6,20-21H,(H,18,19). The van der Waals surface area contributed by atoms with Crippen molar-refractivity contribution in [2.45, 2.75) is 6.18 Å². The summed E-state index contributed by atoms with van der Waals surface area (Å²) in [5.74, 6) is -0.676. The molecule has 3 N–H and O–H groups in total. The number of aromatic hydroxyl groups is 2. The van der Waals surface area contributed by atoms with Gasteiger partial charge in [-0.2, -0.15) is 18.3 Å². The van der Waals surface area contributed by atoms with Gasteiger partial charge in [0.15, 0.2) is 11.5 Å². The Balaban J connectivity index is 2.20. The van der Waals surface area contributed by atoms with Gasteiger partial charge in [0.1, 0.15) is 5.69 Å². The number of hydrogen-bond donors (Lipinski definition) is 3. The summed E-state index contributed by atoms with van der Waals surface area (Å²) in [6, 6.07) is 7.22. The quantitative estimate of drug-likeness (QED) is 0.600. The van der Waals surface area contributed by atoms with Crippen molar-refractivity contribution in [3.8, 4) is 22.8 Å². The second-order valence-corrected chi connectivity index (χ2v) is 4.53. The molecule has 3 rings (SSSR count). The van der Waals surface area contributed by atoms with Crippen molar-refractivity contribution in [2.75, 3.05) is 0 Å². The van der Waals surface area contributed by atoms with Crippen molar-refractivity contribution in [1.29, 1.82) is 0 Å². The normalized spacial score (nSPS) is 12.0. The van der Waals surface area contributed by atoms with E-state index in [0.717, 1.165) is 12.1 Å². The fraction of sp³-hybridized carbons (Fsp3) is 0.0714. The van der Waals surface area contributed by atoms with Gasteiger partial charge in [0.25, 0.3) is 0 Å². The van der Waals surface area contributed by atoms with Gasteiger partial charge in [-0.3, -0.25) is 5.10 Å². The van der Waals surface area contributed by atoms with Crippen LogP contribution < -0.4 is 0 Å². The Hall–Kier alpha value is -2.70. The van der Waals surface area contributed by atoms with Gasteiger partial charge < -0.3 is 10.2 Å². The summed E-state index contributed by atoms with van der Waals surface area (Å²) in [6.45, 7) is 0. The number of nitrogens with zero attached hydrogens (tertiary/aromatic N) is 1. The molecule has 0 unspecified atom stereocenters. The minimum absolute atomic E-state index is 0.270. The zero-order valence-electron chi connectivity index (χ0n) is 10.4. The molecule has 0 saturated carbocycles. The van der Waals surface area contributed by atoms with Crippen molar-refractivity contribution in [3.05, 3.63) is 42.0 Å². The molecule has 0 fully saturated rings. The molecule has 0 aliphatic heterocycles. The molecule has 0 bridgehead atoms. The maximum atomic E-state index is 12.8. The summed E-state index contributed by atoms with van der Waals surface area (Å²) >= 11 is 0. The first-order valence-corrected chi connectivity index (χ1v) is 5.94. The van der Waals surface area contributed by atoms with E-state index >= 15 is 0 Å². The zero-order valence-corrected chi connectivity index (χ0v) is 10.4. The molecule has 0 amide bonds. The smallest absolute Gasteiger partial charge is 0.416 e. The van der Waals surface area contributed by atoms with E-state index in [1.807, 2.05) is 0 Å². The maximum Gasteiger partial charge on any atom is 0.416 e. The summed E-state index contributed by atoms with van der Waals surface area (Å²) in [4.78, 5) is 0. The highest BCUT2D eigenvalue weighted by Gasteiger charge is 2.31. The van der Waals surface area contributed by atoms with Crippen LogP contribution in [0.5, 0.6) is 11.5 Å². The number of hydrogen-bond acceptors (Lipinski definition) is 3. The number of alkyl halides is 3. The average molecular weight is 294 g/mol. The van der Waals surface area contributed by atoms with Crippen LogP contribution in [-0.2, 0) is 6.18 Å². The highest BCUT2D eigenvalue weighted by Crippen LogP contribution is 2.36. The number of benzene rings is 2. The van der Waals surface area contributed by atoms with E-state index in [1.54, 1.807) is 0 Å². The first-order chi connectivity index (χ1) is 9.86. The van der Waals surface area contributed by atoms with Crippen molar-refractivity contribution in [2.24, 2.45) is 0 Å². The number of aromatic nitrogens is 2. The van der Waals surface area contributed by atoms with Gasteiger partial charge in [-0.1, -0.05) is 0 Å². The van der Waals surface area contributed by atoms with Crippen molar-refractivity contribution < 1.29 is 23.4 Å². The van der Waals surface area contributed by atoms with E-state index in [1.165, 1.54) is 24.3 Å². The second-order valence-electron chi connectivity index (χ2n) is 4.53. The maximum absolute atomic E-state index is 12.8. The van der Waals surface area contributed by atoms with E-state index in [9.17, 15) is 23.4 Å². The van der Waals surface area contributed by atoms with Gasteiger partial charge in [0.05, 0.1) is 11.1 Å². The molecule has 0 atom stereocenters. The number of nitrogens with one attached hydrogen (secondary N) is 1. The van der Waals surface area contributed by atoms with E-state index < -0.39 is 11.7 Å².